The molecular weight excluding hydrogens is 495 g/mol. The van der Waals surface area contributed by atoms with E-state index in [9.17, 15) is 21.6 Å². The van der Waals surface area contributed by atoms with Gasteiger partial charge in [0.1, 0.15) is 11.8 Å². The summed E-state index contributed by atoms with van der Waals surface area (Å²) in [6.07, 6.45) is -0.333. The Bertz CT molecular complexity index is 903. The molecule has 0 radical (unpaired) electrons. The van der Waals surface area contributed by atoms with Gasteiger partial charge in [-0.25, -0.2) is 0 Å². The molecule has 0 bridgehead atoms. The fourth-order valence-electron chi connectivity index (χ4n) is 2.63. The number of alkyl halides is 3. The SMILES string of the molecule is CC(C)(C)[Si](C)(C)O[C@H]1C[C@@H](O[Si](C)(C)C(C)(C)C)C=C(OS(=O)(=O)C(F)(F)F)[C@@H]1N=[N+]=[N-]. The van der Waals surface area contributed by atoms with Crippen LogP contribution in [0.1, 0.15) is 48.0 Å². The van der Waals surface area contributed by atoms with Gasteiger partial charge in [-0.15, -0.1) is 0 Å². The van der Waals surface area contributed by atoms with E-state index in [2.05, 4.69) is 14.2 Å². The van der Waals surface area contributed by atoms with Crippen LogP contribution in [0.25, 0.3) is 10.4 Å². The van der Waals surface area contributed by atoms with E-state index < -0.39 is 56.3 Å². The minimum atomic E-state index is -5.98. The highest BCUT2D eigenvalue weighted by Crippen LogP contribution is 2.43. The van der Waals surface area contributed by atoms with Gasteiger partial charge in [0, 0.05) is 11.3 Å². The summed E-state index contributed by atoms with van der Waals surface area (Å²) in [5.41, 5.74) is 3.42. The van der Waals surface area contributed by atoms with Crippen molar-refractivity contribution in [2.75, 3.05) is 0 Å². The van der Waals surface area contributed by atoms with Crippen LogP contribution < -0.4 is 0 Å². The molecule has 3 atom stereocenters. The van der Waals surface area contributed by atoms with Gasteiger partial charge in [-0.2, -0.15) is 21.6 Å². The normalized spacial score (nSPS) is 23.5. The maximum atomic E-state index is 13.1. The predicted octanol–water partition coefficient (Wildman–Crippen LogP) is 6.60. The number of rotatable bonds is 7. The van der Waals surface area contributed by atoms with Crippen molar-refractivity contribution in [1.82, 2.24) is 0 Å². The van der Waals surface area contributed by atoms with Gasteiger partial charge < -0.3 is 13.0 Å². The molecule has 0 N–H and O–H groups in total. The molecule has 0 amide bonds. The van der Waals surface area contributed by atoms with Crippen molar-refractivity contribution in [3.05, 3.63) is 22.3 Å². The lowest BCUT2D eigenvalue weighted by Crippen LogP contribution is -2.51. The van der Waals surface area contributed by atoms with E-state index in [-0.39, 0.29) is 16.5 Å². The van der Waals surface area contributed by atoms with Crippen LogP contribution in [-0.4, -0.2) is 48.8 Å². The monoisotopic (exact) mass is 531 g/mol. The molecule has 0 saturated carbocycles. The molecule has 0 saturated heterocycles. The molecule has 0 aromatic carbocycles. The van der Waals surface area contributed by atoms with E-state index in [0.29, 0.717) is 0 Å². The molecule has 1 aliphatic carbocycles. The van der Waals surface area contributed by atoms with Crippen LogP contribution in [-0.2, 0) is 23.2 Å². The first-order valence-corrected chi connectivity index (χ1v) is 17.8. The van der Waals surface area contributed by atoms with Crippen LogP contribution in [0.3, 0.4) is 0 Å². The summed E-state index contributed by atoms with van der Waals surface area (Å²) in [5, 5.41) is 3.10. The van der Waals surface area contributed by atoms with E-state index >= 15 is 0 Å². The van der Waals surface area contributed by atoms with Crippen molar-refractivity contribution in [1.29, 1.82) is 0 Å². The molecule has 0 unspecified atom stereocenters. The molecule has 192 valence electrons. The van der Waals surface area contributed by atoms with Gasteiger partial charge in [0.25, 0.3) is 0 Å². The number of hydrogen-bond acceptors (Lipinski definition) is 6. The maximum absolute atomic E-state index is 13.1. The van der Waals surface area contributed by atoms with E-state index in [1.807, 2.05) is 67.7 Å². The van der Waals surface area contributed by atoms with Crippen molar-refractivity contribution >= 4 is 26.8 Å². The van der Waals surface area contributed by atoms with Crippen LogP contribution in [0.2, 0.25) is 36.3 Å². The van der Waals surface area contributed by atoms with Crippen LogP contribution in [0, 0.1) is 0 Å². The van der Waals surface area contributed by atoms with Crippen LogP contribution in [0.5, 0.6) is 0 Å². The number of azide groups is 1. The van der Waals surface area contributed by atoms with Gasteiger partial charge in [0.2, 0.25) is 0 Å². The fourth-order valence-corrected chi connectivity index (χ4v) is 5.75. The summed E-state index contributed by atoms with van der Waals surface area (Å²) >= 11 is 0. The summed E-state index contributed by atoms with van der Waals surface area (Å²) in [6.45, 7) is 19.8. The molecule has 1 aliphatic rings. The Morgan fingerprint density at radius 1 is 1.00 bits per heavy atom. The van der Waals surface area contributed by atoms with Crippen LogP contribution in [0.4, 0.5) is 13.2 Å². The Morgan fingerprint density at radius 3 is 1.85 bits per heavy atom. The average molecular weight is 532 g/mol. The molecule has 0 fully saturated rings. The third-order valence-corrected chi connectivity index (χ3v) is 16.6. The zero-order valence-corrected chi connectivity index (χ0v) is 23.8. The second-order valence-corrected chi connectivity index (χ2v) is 22.3. The summed E-state index contributed by atoms with van der Waals surface area (Å²) in [7, 11) is -10.9. The quantitative estimate of drug-likeness (QED) is 0.0917. The third kappa shape index (κ3) is 7.21. The second kappa shape index (κ2) is 9.53. The second-order valence-electron chi connectivity index (χ2n) is 11.3. The standard InChI is InChI=1S/C19H36F3N3O5SSi2/c1-17(2,3)32(7,8)29-13-11-14(28-31(26,27)19(20,21)22)16(24-25-23)15(12-13)30-33(9,10)18(4,5)6/h11,13,15-16H,12H2,1-10H3/t13-,15-,16-/m0/s1. The number of nitrogens with zero attached hydrogens (tertiary/aromatic N) is 3. The molecule has 0 spiro atoms. The van der Waals surface area contributed by atoms with Crippen LogP contribution in [0.15, 0.2) is 16.9 Å². The smallest absolute Gasteiger partial charge is 0.413 e. The number of hydrogen-bond donors (Lipinski definition) is 0. The van der Waals surface area contributed by atoms with Gasteiger partial charge in [-0.05, 0) is 47.9 Å². The molecule has 0 aliphatic heterocycles. The summed E-state index contributed by atoms with van der Waals surface area (Å²) < 4.78 is 79.9. The minimum absolute atomic E-state index is 0.182. The highest BCUT2D eigenvalue weighted by Gasteiger charge is 2.52. The number of halogens is 3. The van der Waals surface area contributed by atoms with Crippen molar-refractivity contribution in [2.24, 2.45) is 5.11 Å². The summed E-state index contributed by atoms with van der Waals surface area (Å²) in [5.74, 6) is -0.635. The molecule has 33 heavy (non-hydrogen) atoms. The zero-order chi connectivity index (χ0) is 26.3. The van der Waals surface area contributed by atoms with E-state index in [4.69, 9.17) is 14.4 Å². The van der Waals surface area contributed by atoms with E-state index in [1.54, 1.807) is 0 Å². The third-order valence-electron chi connectivity index (χ3n) is 6.63. The van der Waals surface area contributed by atoms with Gasteiger partial charge in [0.15, 0.2) is 16.6 Å². The predicted molar refractivity (Wildman–Crippen MR) is 126 cm³/mol. The summed E-state index contributed by atoms with van der Waals surface area (Å²) in [6, 6.07) is -1.39. The van der Waals surface area contributed by atoms with Crippen molar-refractivity contribution in [3.8, 4) is 0 Å². The first kappa shape index (κ1) is 30.0. The average Bonchev–Trinajstić information content (AvgIpc) is 2.53. The van der Waals surface area contributed by atoms with Gasteiger partial charge >= 0.3 is 15.6 Å². The molecule has 0 heterocycles. The molecule has 0 aromatic rings. The molecule has 0 aromatic heterocycles. The lowest BCUT2D eigenvalue weighted by molar-refractivity contribution is -0.0532. The zero-order valence-electron chi connectivity index (χ0n) is 20.9. The van der Waals surface area contributed by atoms with Crippen molar-refractivity contribution in [2.45, 2.75) is 108 Å². The Morgan fingerprint density at radius 2 is 1.45 bits per heavy atom. The molecule has 1 rings (SSSR count). The van der Waals surface area contributed by atoms with E-state index in [0.717, 1.165) is 0 Å². The molecular formula is C19H36F3N3O5SSi2. The highest BCUT2D eigenvalue weighted by atomic mass is 32.2. The largest absolute Gasteiger partial charge is 0.534 e. The van der Waals surface area contributed by atoms with Crippen molar-refractivity contribution < 1.29 is 34.6 Å². The van der Waals surface area contributed by atoms with Gasteiger partial charge in [-0.1, -0.05) is 46.7 Å². The van der Waals surface area contributed by atoms with Crippen LogP contribution >= 0.6 is 0 Å². The lowest BCUT2D eigenvalue weighted by Gasteiger charge is -2.45. The first-order valence-electron chi connectivity index (χ1n) is 10.6. The Labute approximate surface area is 196 Å². The minimum Gasteiger partial charge on any atom is -0.413 e. The Hall–Kier alpha value is -1.06. The Kier molecular flexibility index (Phi) is 8.66. The van der Waals surface area contributed by atoms with E-state index in [1.165, 1.54) is 6.08 Å². The van der Waals surface area contributed by atoms with Gasteiger partial charge in [0.05, 0.1) is 12.2 Å². The highest BCUT2D eigenvalue weighted by molar-refractivity contribution is 7.87. The lowest BCUT2D eigenvalue weighted by atomic mass is 9.96. The molecule has 14 heteroatoms. The maximum Gasteiger partial charge on any atom is 0.534 e. The fraction of sp³-hybridized carbons (Fsp3) is 0.895. The van der Waals surface area contributed by atoms with Gasteiger partial charge in [-0.3, -0.25) is 0 Å². The summed E-state index contributed by atoms with van der Waals surface area (Å²) in [4.78, 5) is 2.71. The Balaban J connectivity index is 3.56. The topological polar surface area (TPSA) is 111 Å². The molecule has 8 nitrogen and oxygen atoms in total. The first-order chi connectivity index (χ1) is 14.5. The van der Waals surface area contributed by atoms with Crippen molar-refractivity contribution in [3.63, 3.8) is 0 Å².